The SMILES string of the molecule is CC(C)OC(=O)N(C)CCNc1ccc2ncc(-c3ccc([C@H]4CCCN4)cc3)n2n1. The summed E-state index contributed by atoms with van der Waals surface area (Å²) >= 11 is 0. The third-order valence-electron chi connectivity index (χ3n) is 5.43. The molecule has 4 rings (SSSR count). The number of rotatable bonds is 7. The highest BCUT2D eigenvalue weighted by atomic mass is 16.6. The van der Waals surface area contributed by atoms with E-state index in [1.807, 2.05) is 36.7 Å². The first-order valence-electron chi connectivity index (χ1n) is 10.9. The van der Waals surface area contributed by atoms with Crippen molar-refractivity contribution in [3.8, 4) is 11.3 Å². The zero-order chi connectivity index (χ0) is 21.8. The van der Waals surface area contributed by atoms with Crippen molar-refractivity contribution in [3.05, 3.63) is 48.2 Å². The smallest absolute Gasteiger partial charge is 0.409 e. The van der Waals surface area contributed by atoms with Crippen molar-refractivity contribution in [1.82, 2.24) is 24.8 Å². The van der Waals surface area contributed by atoms with Crippen molar-refractivity contribution in [1.29, 1.82) is 0 Å². The van der Waals surface area contributed by atoms with Crippen LogP contribution in [0, 0.1) is 0 Å². The first-order chi connectivity index (χ1) is 15.0. The fourth-order valence-electron chi connectivity index (χ4n) is 3.75. The predicted octanol–water partition coefficient (Wildman–Crippen LogP) is 3.71. The van der Waals surface area contributed by atoms with Crippen molar-refractivity contribution < 1.29 is 9.53 Å². The molecule has 31 heavy (non-hydrogen) atoms. The molecule has 3 aromatic rings. The number of likely N-dealkylation sites (N-methyl/N-ethyl adjacent to an activating group) is 1. The Hall–Kier alpha value is -3.13. The second-order valence-electron chi connectivity index (χ2n) is 8.18. The molecule has 1 atom stereocenters. The Balaban J connectivity index is 1.43. The van der Waals surface area contributed by atoms with Gasteiger partial charge in [-0.25, -0.2) is 14.3 Å². The van der Waals surface area contributed by atoms with Gasteiger partial charge in [0.05, 0.1) is 18.0 Å². The summed E-state index contributed by atoms with van der Waals surface area (Å²) in [7, 11) is 1.72. The maximum absolute atomic E-state index is 11.9. The minimum Gasteiger partial charge on any atom is -0.447 e. The number of nitrogens with one attached hydrogen (secondary N) is 2. The fraction of sp³-hybridized carbons (Fsp3) is 0.435. The van der Waals surface area contributed by atoms with Gasteiger partial charge < -0.3 is 20.3 Å². The summed E-state index contributed by atoms with van der Waals surface area (Å²) in [6, 6.07) is 12.9. The Morgan fingerprint density at radius 1 is 1.29 bits per heavy atom. The summed E-state index contributed by atoms with van der Waals surface area (Å²) < 4.78 is 7.04. The van der Waals surface area contributed by atoms with Crippen LogP contribution in [-0.4, -0.2) is 58.4 Å². The summed E-state index contributed by atoms with van der Waals surface area (Å²) in [6.45, 7) is 5.85. The molecule has 3 heterocycles. The molecular formula is C23H30N6O2. The van der Waals surface area contributed by atoms with Crippen LogP contribution in [0.5, 0.6) is 0 Å². The molecule has 1 aromatic carbocycles. The molecule has 2 N–H and O–H groups in total. The molecule has 0 radical (unpaired) electrons. The van der Waals surface area contributed by atoms with Crippen LogP contribution in [0.2, 0.25) is 0 Å². The largest absolute Gasteiger partial charge is 0.447 e. The number of hydrogen-bond donors (Lipinski definition) is 2. The van der Waals surface area contributed by atoms with E-state index in [2.05, 4.69) is 39.9 Å². The van der Waals surface area contributed by atoms with E-state index in [-0.39, 0.29) is 12.2 Å². The number of ether oxygens (including phenoxy) is 1. The molecular weight excluding hydrogens is 392 g/mol. The number of anilines is 1. The average molecular weight is 423 g/mol. The van der Waals surface area contributed by atoms with Gasteiger partial charge in [-0.1, -0.05) is 24.3 Å². The van der Waals surface area contributed by atoms with Gasteiger partial charge in [-0.3, -0.25) is 0 Å². The monoisotopic (exact) mass is 422 g/mol. The summed E-state index contributed by atoms with van der Waals surface area (Å²) in [5.41, 5.74) is 4.14. The summed E-state index contributed by atoms with van der Waals surface area (Å²) in [4.78, 5) is 17.9. The van der Waals surface area contributed by atoms with Gasteiger partial charge in [-0.15, -0.1) is 5.10 Å². The van der Waals surface area contributed by atoms with Gasteiger partial charge in [0, 0.05) is 31.7 Å². The number of amides is 1. The molecule has 1 aliphatic rings. The van der Waals surface area contributed by atoms with Gasteiger partial charge in [-0.2, -0.15) is 0 Å². The molecule has 1 fully saturated rings. The normalized spacial score (nSPS) is 16.1. The molecule has 0 spiro atoms. The van der Waals surface area contributed by atoms with E-state index >= 15 is 0 Å². The van der Waals surface area contributed by atoms with Gasteiger partial charge >= 0.3 is 6.09 Å². The number of fused-ring (bicyclic) bond motifs is 1. The number of nitrogens with zero attached hydrogens (tertiary/aromatic N) is 4. The second kappa shape index (κ2) is 9.34. The molecule has 0 saturated carbocycles. The van der Waals surface area contributed by atoms with Crippen LogP contribution in [0.15, 0.2) is 42.6 Å². The van der Waals surface area contributed by atoms with Crippen LogP contribution >= 0.6 is 0 Å². The minimum atomic E-state index is -0.326. The third kappa shape index (κ3) is 4.96. The molecule has 1 aliphatic heterocycles. The number of hydrogen-bond acceptors (Lipinski definition) is 6. The maximum Gasteiger partial charge on any atom is 0.409 e. The second-order valence-corrected chi connectivity index (χ2v) is 8.18. The zero-order valence-electron chi connectivity index (χ0n) is 18.3. The number of carbonyl (C=O) groups excluding carboxylic acids is 1. The Kier molecular flexibility index (Phi) is 6.36. The van der Waals surface area contributed by atoms with E-state index in [1.54, 1.807) is 11.9 Å². The van der Waals surface area contributed by atoms with Crippen molar-refractivity contribution in [2.24, 2.45) is 0 Å². The predicted molar refractivity (Wildman–Crippen MR) is 121 cm³/mol. The molecule has 1 amide bonds. The van der Waals surface area contributed by atoms with E-state index in [4.69, 9.17) is 9.84 Å². The van der Waals surface area contributed by atoms with Crippen LogP contribution < -0.4 is 10.6 Å². The summed E-state index contributed by atoms with van der Waals surface area (Å²) in [6.07, 6.45) is 3.82. The molecule has 0 bridgehead atoms. The van der Waals surface area contributed by atoms with Gasteiger partial charge in [0.1, 0.15) is 5.82 Å². The molecule has 1 saturated heterocycles. The van der Waals surface area contributed by atoms with Crippen molar-refractivity contribution in [3.63, 3.8) is 0 Å². The molecule has 164 valence electrons. The highest BCUT2D eigenvalue weighted by Gasteiger charge is 2.16. The lowest BCUT2D eigenvalue weighted by molar-refractivity contribution is 0.0851. The third-order valence-corrected chi connectivity index (χ3v) is 5.43. The number of benzene rings is 1. The standard InChI is InChI=1S/C23H30N6O2/c1-16(2)31-23(30)28(3)14-13-25-21-10-11-22-26-15-20(29(22)27-21)18-8-6-17(7-9-18)19-5-4-12-24-19/h6-11,15-16,19,24H,4-5,12-14H2,1-3H3,(H,25,27)/t19-/m1/s1. The topological polar surface area (TPSA) is 83.8 Å². The van der Waals surface area contributed by atoms with Crippen molar-refractivity contribution in [2.75, 3.05) is 32.0 Å². The minimum absolute atomic E-state index is 0.130. The molecule has 0 aliphatic carbocycles. The first-order valence-corrected chi connectivity index (χ1v) is 10.9. The molecule has 8 heteroatoms. The number of carbonyl (C=O) groups is 1. The summed E-state index contributed by atoms with van der Waals surface area (Å²) in [5.74, 6) is 0.726. The lowest BCUT2D eigenvalue weighted by atomic mass is 10.0. The van der Waals surface area contributed by atoms with Crippen LogP contribution in [0.1, 0.15) is 38.3 Å². The Morgan fingerprint density at radius 2 is 2.10 bits per heavy atom. The van der Waals surface area contributed by atoms with Crippen LogP contribution in [0.3, 0.4) is 0 Å². The highest BCUT2D eigenvalue weighted by Crippen LogP contribution is 2.26. The van der Waals surface area contributed by atoms with E-state index in [1.165, 1.54) is 18.4 Å². The van der Waals surface area contributed by atoms with E-state index < -0.39 is 0 Å². The Labute approximate surface area is 182 Å². The average Bonchev–Trinajstić information content (AvgIpc) is 3.43. The number of imidazole rings is 1. The first kappa shape index (κ1) is 21.1. The van der Waals surface area contributed by atoms with Crippen molar-refractivity contribution >= 4 is 17.6 Å². The van der Waals surface area contributed by atoms with E-state index in [0.29, 0.717) is 19.1 Å². The van der Waals surface area contributed by atoms with Crippen LogP contribution in [0.4, 0.5) is 10.6 Å². The number of aromatic nitrogens is 3. The van der Waals surface area contributed by atoms with Gasteiger partial charge in [0.25, 0.3) is 0 Å². The zero-order valence-corrected chi connectivity index (χ0v) is 18.3. The van der Waals surface area contributed by atoms with Gasteiger partial charge in [0.15, 0.2) is 5.65 Å². The Bertz CT molecular complexity index is 1020. The quantitative estimate of drug-likeness (QED) is 0.604. The lowest BCUT2D eigenvalue weighted by Crippen LogP contribution is -2.33. The Morgan fingerprint density at radius 3 is 2.81 bits per heavy atom. The lowest BCUT2D eigenvalue weighted by Gasteiger charge is -2.19. The molecule has 2 aromatic heterocycles. The van der Waals surface area contributed by atoms with Crippen LogP contribution in [0.25, 0.3) is 16.9 Å². The van der Waals surface area contributed by atoms with Crippen molar-refractivity contribution in [2.45, 2.75) is 38.8 Å². The maximum atomic E-state index is 11.9. The summed E-state index contributed by atoms with van der Waals surface area (Å²) in [5, 5.41) is 11.5. The molecule has 0 unspecified atom stereocenters. The van der Waals surface area contributed by atoms with Gasteiger partial charge in [0.2, 0.25) is 0 Å². The highest BCUT2D eigenvalue weighted by molar-refractivity contribution is 5.67. The fourth-order valence-corrected chi connectivity index (χ4v) is 3.75. The van der Waals surface area contributed by atoms with Crippen LogP contribution in [-0.2, 0) is 4.74 Å². The molecule has 8 nitrogen and oxygen atoms in total. The van der Waals surface area contributed by atoms with Gasteiger partial charge in [-0.05, 0) is 50.9 Å². The van der Waals surface area contributed by atoms with E-state index in [0.717, 1.165) is 29.3 Å². The van der Waals surface area contributed by atoms with E-state index in [9.17, 15) is 4.79 Å².